The van der Waals surface area contributed by atoms with Crippen LogP contribution in [0.15, 0.2) is 0 Å². The van der Waals surface area contributed by atoms with E-state index in [0.717, 1.165) is 22.2 Å². The van der Waals surface area contributed by atoms with E-state index in [-0.39, 0.29) is 10.8 Å². The van der Waals surface area contributed by atoms with E-state index in [2.05, 4.69) is 12.2 Å². The third-order valence-corrected chi connectivity index (χ3v) is 4.83. The molecule has 1 fully saturated rings. The maximum absolute atomic E-state index is 12.1. The highest BCUT2D eigenvalue weighted by molar-refractivity contribution is 8.24. The van der Waals surface area contributed by atoms with E-state index in [0.29, 0.717) is 6.54 Å². The standard InChI is InChI=1S/C13H25N3O2S2/c1-6-7-8-14-11(17)16(18)10-13(4,5)20-12(19)15(10)9(2)3/h9-10,18H,6-8H2,1-5H3,(H,14,17)/t10-/m0/s1. The molecule has 0 unspecified atom stereocenters. The molecule has 7 heteroatoms. The number of carbonyl (C=O) groups is 1. The molecule has 2 amide bonds. The number of thioether (sulfide) groups is 1. The summed E-state index contributed by atoms with van der Waals surface area (Å²) in [5, 5.41) is 13.8. The molecule has 5 nitrogen and oxygen atoms in total. The van der Waals surface area contributed by atoms with Crippen molar-refractivity contribution in [3.63, 3.8) is 0 Å². The van der Waals surface area contributed by atoms with Crippen molar-refractivity contribution in [3.05, 3.63) is 0 Å². The normalized spacial score (nSPS) is 21.4. The molecule has 0 aromatic rings. The van der Waals surface area contributed by atoms with Gasteiger partial charge in [0.25, 0.3) is 0 Å². The van der Waals surface area contributed by atoms with Gasteiger partial charge in [0, 0.05) is 12.6 Å². The van der Waals surface area contributed by atoms with Gasteiger partial charge in [0.2, 0.25) is 0 Å². The second-order valence-electron chi connectivity index (χ2n) is 5.78. The van der Waals surface area contributed by atoms with Crippen molar-refractivity contribution in [1.29, 1.82) is 0 Å². The molecule has 1 aliphatic rings. The zero-order valence-corrected chi connectivity index (χ0v) is 14.5. The van der Waals surface area contributed by atoms with Crippen molar-refractivity contribution >= 4 is 34.3 Å². The second-order valence-corrected chi connectivity index (χ2v) is 8.06. The van der Waals surface area contributed by atoms with Gasteiger partial charge in [0.15, 0.2) is 0 Å². The van der Waals surface area contributed by atoms with Gasteiger partial charge < -0.3 is 10.2 Å². The van der Waals surface area contributed by atoms with E-state index < -0.39 is 12.2 Å². The van der Waals surface area contributed by atoms with Gasteiger partial charge in [-0.05, 0) is 34.1 Å². The number of unbranched alkanes of at least 4 members (excludes halogenated alkanes) is 1. The molecular weight excluding hydrogens is 294 g/mol. The lowest BCUT2D eigenvalue weighted by Crippen LogP contribution is -2.58. The second kappa shape index (κ2) is 6.95. The van der Waals surface area contributed by atoms with Crippen LogP contribution in [-0.2, 0) is 0 Å². The first-order valence-electron chi connectivity index (χ1n) is 6.99. The number of urea groups is 1. The number of nitrogens with one attached hydrogen (secondary N) is 1. The molecule has 2 N–H and O–H groups in total. The number of hydrogen-bond donors (Lipinski definition) is 2. The predicted molar refractivity (Wildman–Crippen MR) is 87.0 cm³/mol. The van der Waals surface area contributed by atoms with Gasteiger partial charge in [-0.15, -0.1) is 0 Å². The molecule has 0 radical (unpaired) electrons. The topological polar surface area (TPSA) is 55.8 Å². The fraction of sp³-hybridized carbons (Fsp3) is 0.846. The van der Waals surface area contributed by atoms with Crippen molar-refractivity contribution in [2.24, 2.45) is 0 Å². The van der Waals surface area contributed by atoms with Gasteiger partial charge in [0.1, 0.15) is 10.5 Å². The summed E-state index contributed by atoms with van der Waals surface area (Å²) in [7, 11) is 0. The van der Waals surface area contributed by atoms with Crippen LogP contribution in [0.3, 0.4) is 0 Å². The van der Waals surface area contributed by atoms with Crippen LogP contribution in [0.4, 0.5) is 4.79 Å². The van der Waals surface area contributed by atoms with E-state index >= 15 is 0 Å². The fourth-order valence-corrected chi connectivity index (χ4v) is 4.37. The van der Waals surface area contributed by atoms with E-state index in [1.165, 1.54) is 11.8 Å². The van der Waals surface area contributed by atoms with Crippen LogP contribution >= 0.6 is 24.0 Å². The van der Waals surface area contributed by atoms with Crippen LogP contribution in [-0.4, -0.2) is 49.0 Å². The highest BCUT2D eigenvalue weighted by Gasteiger charge is 2.50. The van der Waals surface area contributed by atoms with Crippen molar-refractivity contribution in [1.82, 2.24) is 15.3 Å². The molecule has 1 rings (SSSR count). The summed E-state index contributed by atoms with van der Waals surface area (Å²) in [5.74, 6) is 0. The Hall–Kier alpha value is -0.530. The lowest BCUT2D eigenvalue weighted by Gasteiger charge is -2.38. The molecule has 0 aliphatic carbocycles. The van der Waals surface area contributed by atoms with Crippen LogP contribution in [0.2, 0.25) is 0 Å². The van der Waals surface area contributed by atoms with Crippen molar-refractivity contribution in [3.8, 4) is 0 Å². The minimum Gasteiger partial charge on any atom is -0.336 e. The molecule has 1 saturated heterocycles. The first-order chi connectivity index (χ1) is 9.22. The highest BCUT2D eigenvalue weighted by Crippen LogP contribution is 2.43. The summed E-state index contributed by atoms with van der Waals surface area (Å²) in [4.78, 5) is 14.0. The Kier molecular flexibility index (Phi) is 6.09. The number of rotatable bonds is 5. The first kappa shape index (κ1) is 17.5. The number of amides is 2. The van der Waals surface area contributed by atoms with Crippen LogP contribution in [0.5, 0.6) is 0 Å². The minimum atomic E-state index is -0.465. The van der Waals surface area contributed by atoms with Crippen LogP contribution in [0.1, 0.15) is 47.5 Å². The molecule has 20 heavy (non-hydrogen) atoms. The Morgan fingerprint density at radius 1 is 1.60 bits per heavy atom. The summed E-state index contributed by atoms with van der Waals surface area (Å²) >= 11 is 6.89. The minimum absolute atomic E-state index is 0.125. The zero-order valence-electron chi connectivity index (χ0n) is 12.8. The summed E-state index contributed by atoms with van der Waals surface area (Å²) in [6.07, 6.45) is 1.44. The average Bonchev–Trinajstić information content (AvgIpc) is 2.57. The first-order valence-corrected chi connectivity index (χ1v) is 8.22. The molecule has 1 atom stereocenters. The number of carbonyl (C=O) groups excluding carboxylic acids is 1. The lowest BCUT2D eigenvalue weighted by atomic mass is 10.1. The summed E-state index contributed by atoms with van der Waals surface area (Å²) in [5.41, 5.74) is 0. The van der Waals surface area contributed by atoms with E-state index in [1.807, 2.05) is 32.6 Å². The molecule has 1 heterocycles. The molecule has 0 aromatic heterocycles. The fourth-order valence-electron chi connectivity index (χ4n) is 2.23. The molecule has 0 saturated carbocycles. The van der Waals surface area contributed by atoms with Crippen LogP contribution < -0.4 is 5.32 Å². The number of hydroxylamine groups is 2. The summed E-state index contributed by atoms with van der Waals surface area (Å²) in [6.45, 7) is 10.6. The van der Waals surface area contributed by atoms with Crippen molar-refractivity contribution < 1.29 is 10.0 Å². The van der Waals surface area contributed by atoms with Crippen molar-refractivity contribution in [2.45, 2.75) is 64.4 Å². The van der Waals surface area contributed by atoms with E-state index in [1.54, 1.807) is 0 Å². The maximum atomic E-state index is 12.1. The van der Waals surface area contributed by atoms with Gasteiger partial charge >= 0.3 is 6.03 Å². The quantitative estimate of drug-likeness (QED) is 0.353. The zero-order chi connectivity index (χ0) is 15.5. The molecule has 1 aliphatic heterocycles. The lowest BCUT2D eigenvalue weighted by molar-refractivity contribution is -0.123. The van der Waals surface area contributed by atoms with E-state index in [9.17, 15) is 10.0 Å². The highest BCUT2D eigenvalue weighted by atomic mass is 32.2. The van der Waals surface area contributed by atoms with Gasteiger partial charge in [-0.2, -0.15) is 5.06 Å². The maximum Gasteiger partial charge on any atom is 0.343 e. The SMILES string of the molecule is CCCCNC(=O)N(O)[C@@H]1N(C(C)C)C(=S)SC1(C)C. The summed E-state index contributed by atoms with van der Waals surface area (Å²) < 4.78 is 0.369. The third kappa shape index (κ3) is 3.77. The van der Waals surface area contributed by atoms with Gasteiger partial charge in [-0.25, -0.2) is 4.79 Å². The van der Waals surface area contributed by atoms with Crippen molar-refractivity contribution in [2.75, 3.05) is 6.54 Å². The Balaban J connectivity index is 2.84. The average molecular weight is 319 g/mol. The largest absolute Gasteiger partial charge is 0.343 e. The molecule has 0 bridgehead atoms. The van der Waals surface area contributed by atoms with E-state index in [4.69, 9.17) is 12.2 Å². The Bertz CT molecular complexity index is 375. The number of thiocarbonyl (C=S) groups is 1. The molecular formula is C13H25N3O2S2. The van der Waals surface area contributed by atoms with Gasteiger partial charge in [-0.1, -0.05) is 37.3 Å². The van der Waals surface area contributed by atoms with Gasteiger partial charge in [-0.3, -0.25) is 5.21 Å². The van der Waals surface area contributed by atoms with Crippen LogP contribution in [0, 0.1) is 0 Å². The molecule has 116 valence electrons. The van der Waals surface area contributed by atoms with Gasteiger partial charge in [0.05, 0.1) is 4.75 Å². The third-order valence-electron chi connectivity index (χ3n) is 3.25. The number of nitrogens with zero attached hydrogens (tertiary/aromatic N) is 2. The number of hydrogen-bond acceptors (Lipinski definition) is 4. The smallest absolute Gasteiger partial charge is 0.336 e. The monoisotopic (exact) mass is 319 g/mol. The predicted octanol–water partition coefficient (Wildman–Crippen LogP) is 3.03. The Morgan fingerprint density at radius 2 is 2.20 bits per heavy atom. The Morgan fingerprint density at radius 3 is 2.70 bits per heavy atom. The Labute approximate surface area is 131 Å². The van der Waals surface area contributed by atoms with Crippen LogP contribution in [0.25, 0.3) is 0 Å². The molecule has 0 spiro atoms. The molecule has 0 aromatic carbocycles. The summed E-state index contributed by atoms with van der Waals surface area (Å²) in [6, 6.07) is -0.340.